The maximum absolute atomic E-state index is 14.1. The van der Waals surface area contributed by atoms with E-state index in [1.807, 2.05) is 48.5 Å². The van der Waals surface area contributed by atoms with Gasteiger partial charge in [-0.2, -0.15) is 13.5 Å². The van der Waals surface area contributed by atoms with Crippen LogP contribution < -0.4 is 22.5 Å². The molecule has 2 atom stereocenters. The molecule has 10 rings (SSSR count). The van der Waals surface area contributed by atoms with Gasteiger partial charge >= 0.3 is 23.3 Å². The van der Waals surface area contributed by atoms with Gasteiger partial charge in [-0.15, -0.1) is 22.7 Å². The molecule has 8 aromatic rings. The van der Waals surface area contributed by atoms with E-state index in [4.69, 9.17) is 40.9 Å². The Morgan fingerprint density at radius 3 is 1.30 bits per heavy atom. The van der Waals surface area contributed by atoms with Gasteiger partial charge in [-0.3, -0.25) is 18.7 Å². The minimum Gasteiger partial charge on any atom is -0.480 e. The third-order valence-electron chi connectivity index (χ3n) is 14.9. The van der Waals surface area contributed by atoms with Gasteiger partial charge in [0.1, 0.15) is 45.5 Å². The Morgan fingerprint density at radius 2 is 0.988 bits per heavy atom. The first-order chi connectivity index (χ1) is 39.3. The zero-order chi connectivity index (χ0) is 58.6. The average molecular weight is 1240 g/mol. The van der Waals surface area contributed by atoms with E-state index < -0.39 is 57.7 Å². The molecule has 6 aromatic heterocycles. The molecule has 8 heterocycles. The summed E-state index contributed by atoms with van der Waals surface area (Å²) in [4.78, 5) is 98.0. The number of rotatable bonds is 18. The second-order valence-corrected chi connectivity index (χ2v) is 22.8. The van der Waals surface area contributed by atoms with Crippen LogP contribution in [0.5, 0.6) is 0 Å². The monoisotopic (exact) mass is 1240 g/mol. The number of aromatic nitrogens is 6. The predicted molar refractivity (Wildman–Crippen MR) is 334 cm³/mol. The molecule has 22 nitrogen and oxygen atoms in total. The molecule has 2 fully saturated rings. The Morgan fingerprint density at radius 1 is 0.640 bits per heavy atom. The Balaban J connectivity index is 0.000000300. The SMILES string of the molecule is C.C.C.S.[C-]#[N+]Cc1ccccc1C(Cn1c(=O)n(C(C)(C)C(=O)O)c(=O)c2c(C)c(-c3ncco3)sc21)OC1CCOCC1.[C-]#[N+]Cc1ccccc1[C@@H](Cn1c(=O)n(C(C)(C)C(=O)O)c(=O)c2c(C)c(-c3ncco3)sc21)OC1CCOCC1. The van der Waals surface area contributed by atoms with Crippen LogP contribution in [-0.4, -0.2) is 89.0 Å². The molecule has 2 aliphatic heterocycles. The third kappa shape index (κ3) is 13.6. The Bertz CT molecular complexity index is 3740. The molecule has 25 heteroatoms. The smallest absolute Gasteiger partial charge is 0.333 e. The summed E-state index contributed by atoms with van der Waals surface area (Å²) >= 11 is 2.37. The van der Waals surface area contributed by atoms with Crippen LogP contribution in [0.25, 0.3) is 51.7 Å². The van der Waals surface area contributed by atoms with E-state index >= 15 is 0 Å². The van der Waals surface area contributed by atoms with Crippen molar-refractivity contribution in [2.45, 2.75) is 151 Å². The number of thiophene rings is 2. The number of fused-ring (bicyclic) bond motifs is 2. The lowest BCUT2D eigenvalue weighted by Crippen LogP contribution is -2.52. The fourth-order valence-corrected chi connectivity index (χ4v) is 12.8. The van der Waals surface area contributed by atoms with Crippen LogP contribution in [0.4, 0.5) is 0 Å². The molecule has 0 aliphatic carbocycles. The number of hydrogen-bond acceptors (Lipinski definition) is 16. The maximum atomic E-state index is 14.1. The molecule has 0 amide bonds. The fraction of sp³-hybridized carbons (Fsp3) is 0.443. The molecule has 460 valence electrons. The largest absolute Gasteiger partial charge is 0.480 e. The van der Waals surface area contributed by atoms with Crippen molar-refractivity contribution in [1.29, 1.82) is 0 Å². The number of aryl methyl sites for hydroxylation is 2. The van der Waals surface area contributed by atoms with E-state index in [1.165, 1.54) is 84.4 Å². The summed E-state index contributed by atoms with van der Waals surface area (Å²) in [6, 6.07) is 14.9. The van der Waals surface area contributed by atoms with Crippen molar-refractivity contribution in [3.8, 4) is 21.5 Å². The molecular weight excluding hydrogens is 1160 g/mol. The third-order valence-corrected chi connectivity index (χ3v) is 17.5. The van der Waals surface area contributed by atoms with Crippen molar-refractivity contribution in [2.75, 3.05) is 26.4 Å². The molecule has 0 spiro atoms. The van der Waals surface area contributed by atoms with Crippen molar-refractivity contribution in [3.05, 3.63) is 171 Å². The van der Waals surface area contributed by atoms with E-state index in [2.05, 4.69) is 19.7 Å². The summed E-state index contributed by atoms with van der Waals surface area (Å²) in [6.07, 6.45) is 6.89. The van der Waals surface area contributed by atoms with Gasteiger partial charge in [0.2, 0.25) is 24.9 Å². The number of ether oxygens (including phenoxy) is 4. The Labute approximate surface area is 512 Å². The standard InChI is InChI=1S/2C29H30N4O7S.3CH4.H2S/c2*1-17-22-25(34)33(29(2,3)27(35)36)28(37)32(26(22)41-23(17)24-31-11-14-39-24)16-21(40-19-9-12-38-13-10-19)20-8-6-5-7-18(20)15-30-4;;;;/h2*5-8,11,14,19,21H,9-10,12-13,15-16H2,1-3H3,(H,35,36);3*1H4;1H2/t21-;;;;;/m1...../s1. The van der Waals surface area contributed by atoms with E-state index in [1.54, 1.807) is 13.8 Å². The number of carboxylic acids is 2. The van der Waals surface area contributed by atoms with Crippen LogP contribution in [-0.2, 0) is 65.8 Å². The van der Waals surface area contributed by atoms with Crippen LogP contribution in [0.3, 0.4) is 0 Å². The molecule has 86 heavy (non-hydrogen) atoms. The quantitative estimate of drug-likeness (QED) is 0.0757. The summed E-state index contributed by atoms with van der Waals surface area (Å²) in [7, 11) is 0. The minimum absolute atomic E-state index is 0. The van der Waals surface area contributed by atoms with Crippen molar-refractivity contribution in [3.63, 3.8) is 0 Å². The van der Waals surface area contributed by atoms with Gasteiger partial charge in [-0.05, 0) is 89.5 Å². The van der Waals surface area contributed by atoms with Gasteiger partial charge in [-0.1, -0.05) is 70.8 Å². The summed E-state index contributed by atoms with van der Waals surface area (Å²) in [6.45, 7) is 26.1. The number of carboxylic acid groups (broad SMARTS) is 2. The molecule has 0 bridgehead atoms. The van der Waals surface area contributed by atoms with Crippen molar-refractivity contribution in [2.24, 2.45) is 0 Å². The van der Waals surface area contributed by atoms with Crippen LogP contribution in [0.1, 0.15) is 121 Å². The highest BCUT2D eigenvalue weighted by molar-refractivity contribution is 7.59. The minimum atomic E-state index is -1.83. The normalized spacial score (nSPS) is 14.5. The Hall–Kier alpha value is -7.75. The van der Waals surface area contributed by atoms with Crippen molar-refractivity contribution >= 4 is 68.5 Å². The van der Waals surface area contributed by atoms with E-state index in [9.17, 15) is 39.0 Å². The molecule has 0 radical (unpaired) electrons. The lowest BCUT2D eigenvalue weighted by molar-refractivity contribution is -0.146. The number of carbonyl (C=O) groups is 2. The molecule has 2 aromatic carbocycles. The highest BCUT2D eigenvalue weighted by atomic mass is 32.1. The van der Waals surface area contributed by atoms with Crippen molar-refractivity contribution < 1.29 is 47.6 Å². The molecule has 1 unspecified atom stereocenters. The van der Waals surface area contributed by atoms with Crippen molar-refractivity contribution in [1.82, 2.24) is 28.2 Å². The predicted octanol–water partition coefficient (Wildman–Crippen LogP) is 10.7. The zero-order valence-electron chi connectivity index (χ0n) is 46.4. The number of benzene rings is 2. The van der Waals surface area contributed by atoms with Gasteiger partial charge in [0.05, 0.1) is 58.2 Å². The van der Waals surface area contributed by atoms with Gasteiger partial charge in [0.25, 0.3) is 11.1 Å². The van der Waals surface area contributed by atoms with Crippen LogP contribution in [0.15, 0.2) is 101 Å². The molecule has 2 saturated heterocycles. The first kappa shape index (κ1) is 69.0. The maximum Gasteiger partial charge on any atom is 0.333 e. The van der Waals surface area contributed by atoms with Crippen LogP contribution in [0.2, 0.25) is 0 Å². The second kappa shape index (κ2) is 29.1. The highest BCUT2D eigenvalue weighted by Crippen LogP contribution is 2.39. The number of nitrogens with zero attached hydrogens (tertiary/aromatic N) is 8. The summed E-state index contributed by atoms with van der Waals surface area (Å²) in [5, 5.41) is 20.5. The highest BCUT2D eigenvalue weighted by Gasteiger charge is 2.39. The molecular formula is C61H74N8O14S3. The number of hydrogen-bond donors (Lipinski definition) is 2. The van der Waals surface area contributed by atoms with Gasteiger partial charge in [-0.25, -0.2) is 51.4 Å². The topological polar surface area (TPSA) is 260 Å². The lowest BCUT2D eigenvalue weighted by atomic mass is 10.0. The average Bonchev–Trinajstić information content (AvgIpc) is 1.72. The van der Waals surface area contributed by atoms with E-state index in [-0.39, 0.29) is 84.9 Å². The molecule has 0 saturated carbocycles. The number of aliphatic carboxylic acids is 2. The molecule has 2 N–H and O–H groups in total. The molecule has 2 aliphatic rings. The van der Waals surface area contributed by atoms with Gasteiger partial charge in [0, 0.05) is 37.6 Å². The lowest BCUT2D eigenvalue weighted by Gasteiger charge is -2.30. The summed E-state index contributed by atoms with van der Waals surface area (Å²) in [5.41, 5.74) is -2.47. The van der Waals surface area contributed by atoms with E-state index in [0.717, 1.165) is 31.4 Å². The zero-order valence-corrected chi connectivity index (χ0v) is 49.0. The van der Waals surface area contributed by atoms with Gasteiger partial charge in [0.15, 0.2) is 0 Å². The summed E-state index contributed by atoms with van der Waals surface area (Å²) in [5.74, 6) is -2.05. The Kier molecular flexibility index (Phi) is 23.4. The first-order valence-electron chi connectivity index (χ1n) is 26.4. The van der Waals surface area contributed by atoms with Crippen LogP contribution >= 0.6 is 36.2 Å². The van der Waals surface area contributed by atoms with E-state index in [0.29, 0.717) is 94.4 Å². The first-order valence-corrected chi connectivity index (χ1v) is 28.1. The second-order valence-electron chi connectivity index (χ2n) is 20.8. The summed E-state index contributed by atoms with van der Waals surface area (Å²) < 4.78 is 39.7. The number of oxazole rings is 2. The van der Waals surface area contributed by atoms with Crippen LogP contribution in [0, 0.1) is 27.0 Å². The fourth-order valence-electron chi connectivity index (χ4n) is 10.3. The van der Waals surface area contributed by atoms with Gasteiger partial charge < -0.3 is 47.7 Å².